The molecule has 0 unspecified atom stereocenters. The van der Waals surface area contributed by atoms with Gasteiger partial charge in [0.2, 0.25) is 0 Å². The van der Waals surface area contributed by atoms with Gasteiger partial charge in [-0.05, 0) is 57.6 Å². The molecule has 0 saturated carbocycles. The zero-order valence-electron chi connectivity index (χ0n) is 20.0. The Morgan fingerprint density at radius 2 is 1.83 bits per heavy atom. The average Bonchev–Trinajstić information content (AvgIpc) is 3.35. The van der Waals surface area contributed by atoms with E-state index < -0.39 is 0 Å². The molecule has 2 aromatic carbocycles. The van der Waals surface area contributed by atoms with Crippen LogP contribution in [-0.2, 0) is 32.6 Å². The van der Waals surface area contributed by atoms with Crippen LogP contribution in [0.1, 0.15) is 22.5 Å². The highest BCUT2D eigenvalue weighted by Crippen LogP contribution is 2.20. The predicted octanol–water partition coefficient (Wildman–Crippen LogP) is 3.36. The third-order valence-corrected chi connectivity index (χ3v) is 6.08. The van der Waals surface area contributed by atoms with Gasteiger partial charge in [0.25, 0.3) is 5.56 Å². The lowest BCUT2D eigenvalue weighted by atomic mass is 10.1. The van der Waals surface area contributed by atoms with E-state index in [0.29, 0.717) is 37.5 Å². The highest BCUT2D eigenvalue weighted by Gasteiger charge is 2.16. The molecule has 9 nitrogen and oxygen atoms in total. The Kier molecular flexibility index (Phi) is 7.09. The third-order valence-electron chi connectivity index (χ3n) is 6.08. The Hall–Kier alpha value is -4.37. The number of ether oxygens (including phenoxy) is 1. The number of hydrogen-bond acceptors (Lipinski definition) is 7. The molecule has 0 fully saturated rings. The lowest BCUT2D eigenvalue weighted by molar-refractivity contribution is 0.235. The largest absolute Gasteiger partial charge is 0.497 e. The molecule has 5 aromatic rings. The number of aromatic amines is 1. The molecule has 3 heterocycles. The van der Waals surface area contributed by atoms with Gasteiger partial charge < -0.3 is 9.72 Å². The van der Waals surface area contributed by atoms with E-state index in [1.165, 1.54) is 5.56 Å². The minimum absolute atomic E-state index is 0.129. The Bertz CT molecular complexity index is 1480. The van der Waals surface area contributed by atoms with Crippen LogP contribution in [0.4, 0.5) is 0 Å². The molecule has 0 bridgehead atoms. The Labute approximate surface area is 208 Å². The maximum absolute atomic E-state index is 13.0. The molecule has 0 saturated heterocycles. The fourth-order valence-electron chi connectivity index (χ4n) is 4.22. The number of pyridine rings is 2. The molecule has 0 spiro atoms. The number of benzene rings is 2. The number of aryl methyl sites for hydroxylation is 2. The van der Waals surface area contributed by atoms with Crippen molar-refractivity contribution in [3.05, 3.63) is 112 Å². The summed E-state index contributed by atoms with van der Waals surface area (Å²) in [6.07, 6.45) is 4.41. The molecular formula is C27H27N7O2. The van der Waals surface area contributed by atoms with Crippen LogP contribution in [0, 0.1) is 0 Å². The number of methoxy groups -OCH3 is 1. The topological polar surface area (TPSA) is 102 Å². The Morgan fingerprint density at radius 1 is 0.972 bits per heavy atom. The van der Waals surface area contributed by atoms with Gasteiger partial charge in [0.1, 0.15) is 5.75 Å². The molecule has 0 amide bonds. The van der Waals surface area contributed by atoms with E-state index in [-0.39, 0.29) is 5.56 Å². The maximum Gasteiger partial charge on any atom is 0.252 e. The number of rotatable bonds is 10. The molecule has 3 aromatic heterocycles. The number of fused-ring (bicyclic) bond motifs is 1. The summed E-state index contributed by atoms with van der Waals surface area (Å²) in [5, 5.41) is 13.4. The minimum Gasteiger partial charge on any atom is -0.497 e. The Morgan fingerprint density at radius 3 is 2.64 bits per heavy atom. The van der Waals surface area contributed by atoms with Crippen molar-refractivity contribution in [3.63, 3.8) is 0 Å². The van der Waals surface area contributed by atoms with E-state index in [2.05, 4.69) is 42.5 Å². The van der Waals surface area contributed by atoms with Gasteiger partial charge in [-0.2, -0.15) is 0 Å². The summed E-state index contributed by atoms with van der Waals surface area (Å²) in [7, 11) is 1.61. The monoisotopic (exact) mass is 481 g/mol. The van der Waals surface area contributed by atoms with Crippen molar-refractivity contribution in [3.8, 4) is 5.75 Å². The van der Waals surface area contributed by atoms with E-state index in [4.69, 9.17) is 4.74 Å². The fraction of sp³-hybridized carbons (Fsp3) is 0.222. The highest BCUT2D eigenvalue weighted by molar-refractivity contribution is 5.80. The van der Waals surface area contributed by atoms with Crippen molar-refractivity contribution in [2.24, 2.45) is 0 Å². The molecule has 0 aliphatic heterocycles. The Balaban J connectivity index is 1.39. The molecule has 36 heavy (non-hydrogen) atoms. The maximum atomic E-state index is 13.0. The number of H-pyrrole nitrogens is 1. The fourth-order valence-corrected chi connectivity index (χ4v) is 4.22. The van der Waals surface area contributed by atoms with Crippen LogP contribution in [0.15, 0.2) is 83.9 Å². The van der Waals surface area contributed by atoms with Crippen molar-refractivity contribution in [1.82, 2.24) is 35.1 Å². The van der Waals surface area contributed by atoms with Gasteiger partial charge in [-0.1, -0.05) is 36.4 Å². The lowest BCUT2D eigenvalue weighted by Gasteiger charge is -2.22. The van der Waals surface area contributed by atoms with Crippen molar-refractivity contribution < 1.29 is 4.74 Å². The van der Waals surface area contributed by atoms with Crippen molar-refractivity contribution >= 4 is 10.9 Å². The van der Waals surface area contributed by atoms with Gasteiger partial charge in [-0.25, -0.2) is 4.68 Å². The molecule has 1 N–H and O–H groups in total. The summed E-state index contributed by atoms with van der Waals surface area (Å²) in [5.74, 6) is 1.45. The molecular weight excluding hydrogens is 454 g/mol. The zero-order chi connectivity index (χ0) is 24.7. The second-order valence-electron chi connectivity index (χ2n) is 8.64. The SMILES string of the molecule is COc1ccc2cc(CN(Cc3cccnc3)Cc3nnnn3CCc3ccccc3)c(=O)[nH]c2c1. The minimum atomic E-state index is -0.129. The number of tetrazole rings is 1. The molecule has 5 rings (SSSR count). The average molecular weight is 482 g/mol. The second kappa shape index (κ2) is 10.9. The van der Waals surface area contributed by atoms with Crippen molar-refractivity contribution in [1.29, 1.82) is 0 Å². The first-order valence-electron chi connectivity index (χ1n) is 11.8. The number of nitrogens with zero attached hydrogens (tertiary/aromatic N) is 6. The van der Waals surface area contributed by atoms with E-state index in [0.717, 1.165) is 28.7 Å². The molecule has 0 atom stereocenters. The smallest absolute Gasteiger partial charge is 0.252 e. The molecule has 182 valence electrons. The van der Waals surface area contributed by atoms with Crippen LogP contribution in [-0.4, -0.2) is 42.2 Å². The molecule has 0 radical (unpaired) electrons. The van der Waals surface area contributed by atoms with Gasteiger partial charge in [0.05, 0.1) is 19.2 Å². The second-order valence-corrected chi connectivity index (χ2v) is 8.64. The summed E-state index contributed by atoms with van der Waals surface area (Å²) in [5.41, 5.74) is 3.55. The first-order valence-corrected chi connectivity index (χ1v) is 11.8. The molecule has 0 aliphatic rings. The van der Waals surface area contributed by atoms with Crippen LogP contribution in [0.3, 0.4) is 0 Å². The standard InChI is InChI=1S/C27H27N7O2/c1-36-24-10-9-22-14-23(27(35)29-25(22)15-24)18-33(17-21-8-5-12-28-16-21)19-26-30-31-32-34(26)13-11-20-6-3-2-4-7-20/h2-10,12,14-16H,11,13,17-19H2,1H3,(H,29,35). The van der Waals surface area contributed by atoms with Gasteiger partial charge >= 0.3 is 0 Å². The van der Waals surface area contributed by atoms with Gasteiger partial charge in [0.15, 0.2) is 5.82 Å². The summed E-state index contributed by atoms with van der Waals surface area (Å²) < 4.78 is 7.12. The third kappa shape index (κ3) is 5.64. The predicted molar refractivity (Wildman–Crippen MR) is 136 cm³/mol. The number of aromatic nitrogens is 6. The lowest BCUT2D eigenvalue weighted by Crippen LogP contribution is -2.28. The van der Waals surface area contributed by atoms with Crippen molar-refractivity contribution in [2.45, 2.75) is 32.6 Å². The van der Waals surface area contributed by atoms with Crippen LogP contribution >= 0.6 is 0 Å². The van der Waals surface area contributed by atoms with Gasteiger partial charge in [0, 0.05) is 43.7 Å². The first-order chi connectivity index (χ1) is 17.7. The van der Waals surface area contributed by atoms with Crippen LogP contribution in [0.2, 0.25) is 0 Å². The summed E-state index contributed by atoms with van der Waals surface area (Å²) >= 11 is 0. The number of nitrogens with one attached hydrogen (secondary N) is 1. The van der Waals surface area contributed by atoms with Crippen LogP contribution < -0.4 is 10.3 Å². The highest BCUT2D eigenvalue weighted by atomic mass is 16.5. The van der Waals surface area contributed by atoms with E-state index in [1.54, 1.807) is 13.3 Å². The van der Waals surface area contributed by atoms with Gasteiger partial charge in [-0.3, -0.25) is 14.7 Å². The van der Waals surface area contributed by atoms with Gasteiger partial charge in [-0.15, -0.1) is 5.10 Å². The van der Waals surface area contributed by atoms with E-state index in [1.807, 2.05) is 65.5 Å². The summed E-state index contributed by atoms with van der Waals surface area (Å²) in [6.45, 7) is 2.18. The van der Waals surface area contributed by atoms with Crippen molar-refractivity contribution in [2.75, 3.05) is 7.11 Å². The van der Waals surface area contributed by atoms with Crippen LogP contribution in [0.25, 0.3) is 10.9 Å². The number of hydrogen-bond donors (Lipinski definition) is 1. The summed E-state index contributed by atoms with van der Waals surface area (Å²) in [6, 6.07) is 21.8. The quantitative estimate of drug-likeness (QED) is 0.326. The summed E-state index contributed by atoms with van der Waals surface area (Å²) in [4.78, 5) is 22.4. The van der Waals surface area contributed by atoms with E-state index >= 15 is 0 Å². The first kappa shape index (κ1) is 23.4. The zero-order valence-corrected chi connectivity index (χ0v) is 20.0. The molecule has 0 aliphatic carbocycles. The normalized spacial score (nSPS) is 11.3. The van der Waals surface area contributed by atoms with E-state index in [9.17, 15) is 4.79 Å². The molecule has 9 heteroatoms. The van der Waals surface area contributed by atoms with Crippen LogP contribution in [0.5, 0.6) is 5.75 Å².